The van der Waals surface area contributed by atoms with Crippen molar-refractivity contribution in [2.24, 2.45) is 0 Å². The Kier molecular flexibility index (Phi) is 12.8. The van der Waals surface area contributed by atoms with E-state index in [1.54, 1.807) is 12.1 Å². The average molecular weight is 1130 g/mol. The summed E-state index contributed by atoms with van der Waals surface area (Å²) in [6.45, 7) is 13.5. The molecule has 0 atom stereocenters. The molecule has 0 aliphatic rings. The van der Waals surface area contributed by atoms with Gasteiger partial charge in [-0.25, -0.2) is 0 Å². The predicted octanol–water partition coefficient (Wildman–Crippen LogP) is 15.7. The molecule has 5 nitrogen and oxygen atoms in total. The van der Waals surface area contributed by atoms with Crippen molar-refractivity contribution < 1.29 is 28.6 Å². The topological polar surface area (TPSA) is 56.7 Å². The van der Waals surface area contributed by atoms with Crippen LogP contribution in [-0.4, -0.2) is 32.8 Å². The van der Waals surface area contributed by atoms with Crippen LogP contribution in [0.1, 0.15) is 91.0 Å². The van der Waals surface area contributed by atoms with Gasteiger partial charge in [0.2, 0.25) is 0 Å². The average Bonchev–Trinajstić information content (AvgIpc) is 3.93. The molecule has 7 heteroatoms. The zero-order chi connectivity index (χ0) is 49.7. The summed E-state index contributed by atoms with van der Waals surface area (Å²) in [6.07, 6.45) is 3.93. The van der Waals surface area contributed by atoms with Crippen molar-refractivity contribution in [1.82, 2.24) is 19.5 Å². The molecule has 0 saturated heterocycles. The van der Waals surface area contributed by atoms with Crippen LogP contribution in [0.2, 0.25) is 17.3 Å². The molecule has 10 rings (SSSR count). The zero-order valence-electron chi connectivity index (χ0n) is 43.6. The van der Waals surface area contributed by atoms with Crippen LogP contribution in [0, 0.1) is 25.9 Å². The molecule has 0 unspecified atom stereocenters. The molecule has 4 heterocycles. The van der Waals surface area contributed by atoms with Gasteiger partial charge in [-0.2, -0.15) is 0 Å². The predicted molar refractivity (Wildman–Crippen MR) is 284 cm³/mol. The van der Waals surface area contributed by atoms with E-state index in [-0.39, 0.29) is 37.4 Å². The van der Waals surface area contributed by atoms with Crippen molar-refractivity contribution in [3.8, 4) is 39.5 Å². The molecule has 345 valence electrons. The number of furan rings is 1. The van der Waals surface area contributed by atoms with Crippen LogP contribution in [0.5, 0.6) is 0 Å². The Hall–Kier alpha value is -5.92. The van der Waals surface area contributed by atoms with Gasteiger partial charge in [0, 0.05) is 37.4 Å². The fourth-order valence-corrected chi connectivity index (χ4v) is 12.8. The van der Waals surface area contributed by atoms with Gasteiger partial charge in [0.15, 0.2) is 0 Å². The number of hydrogen-bond donors (Lipinski definition) is 0. The first kappa shape index (κ1) is 44.6. The first-order valence-corrected chi connectivity index (χ1v) is 30.7. The Morgan fingerprint density at radius 3 is 2.06 bits per heavy atom. The van der Waals surface area contributed by atoms with Crippen LogP contribution in [0.15, 0.2) is 156 Å². The minimum Gasteiger partial charge on any atom is 0 e. The number of rotatable bonds is 9. The van der Waals surface area contributed by atoms with Crippen molar-refractivity contribution in [2.75, 3.05) is 0 Å². The fourth-order valence-electron chi connectivity index (χ4n) is 9.31. The van der Waals surface area contributed by atoms with E-state index in [0.29, 0.717) is 5.56 Å². The first-order chi connectivity index (χ1) is 33.3. The van der Waals surface area contributed by atoms with E-state index in [9.17, 15) is 0 Å². The molecule has 1 radical (unpaired) electrons. The molecule has 68 heavy (non-hydrogen) atoms. The molecule has 0 aliphatic carbocycles. The van der Waals surface area contributed by atoms with Gasteiger partial charge in [-0.3, -0.25) is 9.97 Å². The second-order valence-electron chi connectivity index (χ2n) is 19.8. The third kappa shape index (κ3) is 9.31. The second kappa shape index (κ2) is 19.6. The molecule has 0 fully saturated rings. The number of pyridine rings is 2. The quantitative estimate of drug-likeness (QED) is 0.107. The van der Waals surface area contributed by atoms with Gasteiger partial charge >= 0.3 is 165 Å². The third-order valence-corrected chi connectivity index (χ3v) is 17.3. The number of fused-ring (bicyclic) bond motifs is 4. The summed E-state index contributed by atoms with van der Waals surface area (Å²) in [5.74, 6) is 8.54. The Morgan fingerprint density at radius 1 is 0.735 bits per heavy atom. The number of imidazole rings is 1. The summed E-state index contributed by atoms with van der Waals surface area (Å²) in [6, 6.07) is 54.1. The molecule has 0 saturated carbocycles. The summed E-state index contributed by atoms with van der Waals surface area (Å²) in [5.41, 5.74) is 15.9. The molecular formula is C61H60GeIrN4O-2. The Bertz CT molecular complexity index is 3470. The first-order valence-electron chi connectivity index (χ1n) is 24.8. The van der Waals surface area contributed by atoms with Gasteiger partial charge < -0.3 is 8.98 Å². The molecular weight excluding hydrogens is 1070 g/mol. The molecule has 0 N–H and O–H groups in total. The standard InChI is InChI=1S/C37H32N3O.C24H28GeN.Ir/c1-22(2)30-20-26(25-12-7-6-8-13-25)21-31(23(3)4)35(30)40-32-18-19-38-24(5)34(32)39-37(40)29-16-11-15-28-27-14-9-10-17-33(27)41-36(28)29;1-18-12-14-19(15-13-18)23-16-21(22(17-26-23)25(4,5)6)24(2,3)20-10-8-7-9-11-20;/h6-15,17-23H,1-5H3;7-14,16-17H,1-6H3;/q2*-1;/i;1D3;. The van der Waals surface area contributed by atoms with E-state index >= 15 is 0 Å². The van der Waals surface area contributed by atoms with E-state index in [0.717, 1.165) is 61.3 Å². The summed E-state index contributed by atoms with van der Waals surface area (Å²) in [4.78, 5) is 14.6. The van der Waals surface area contributed by atoms with Gasteiger partial charge in [-0.15, -0.1) is 18.2 Å². The normalized spacial score (nSPS) is 12.7. The van der Waals surface area contributed by atoms with Gasteiger partial charge in [-0.05, 0) is 65.3 Å². The maximum atomic E-state index is 7.56. The molecule has 0 bridgehead atoms. The Morgan fingerprint density at radius 2 is 1.41 bits per heavy atom. The summed E-state index contributed by atoms with van der Waals surface area (Å²) >= 11 is -2.18. The van der Waals surface area contributed by atoms with Crippen molar-refractivity contribution in [2.45, 2.75) is 89.8 Å². The third-order valence-electron chi connectivity index (χ3n) is 13.0. The minimum atomic E-state index is -2.18. The van der Waals surface area contributed by atoms with Crippen LogP contribution in [0.4, 0.5) is 0 Å². The SMILES string of the molecule is Cc1nccc2c1nc(-c1[c-]ccc3c1oc1ccccc13)n2-c1c(C(C)C)cc(-c2ccccc2)cc1C(C)C.[2H]C([2H])([2H])c1c[c-]c(-c2cc(C(C)(C)c3ccccc3)[c]([Ge]([CH3])([CH3])[CH3])cn2)cc1.[Ir]. The number of aromatic nitrogens is 4. The number of para-hydroxylation sites is 1. The van der Waals surface area contributed by atoms with Crippen LogP contribution in [0.3, 0.4) is 0 Å². The van der Waals surface area contributed by atoms with E-state index in [2.05, 4.69) is 178 Å². The fraction of sp³-hybridized carbons (Fsp3) is 0.230. The van der Waals surface area contributed by atoms with E-state index in [4.69, 9.17) is 18.5 Å². The van der Waals surface area contributed by atoms with Crippen molar-refractivity contribution in [3.05, 3.63) is 198 Å². The maximum Gasteiger partial charge on any atom is 0 e. The van der Waals surface area contributed by atoms with Crippen molar-refractivity contribution >= 4 is 50.6 Å². The van der Waals surface area contributed by atoms with E-state index in [1.165, 1.54) is 43.5 Å². The Balaban J connectivity index is 0.000000200. The number of nitrogens with zero attached hydrogens (tertiary/aromatic N) is 4. The molecule has 4 aromatic heterocycles. The van der Waals surface area contributed by atoms with E-state index in [1.807, 2.05) is 49.6 Å². The molecule has 10 aromatic rings. The van der Waals surface area contributed by atoms with Gasteiger partial charge in [0.1, 0.15) is 5.58 Å². The van der Waals surface area contributed by atoms with Crippen LogP contribution in [0.25, 0.3) is 72.4 Å². The number of hydrogen-bond acceptors (Lipinski definition) is 4. The molecule has 0 spiro atoms. The molecule has 0 aliphatic heterocycles. The number of aryl methyl sites for hydroxylation is 2. The Labute approximate surface area is 423 Å². The van der Waals surface area contributed by atoms with Gasteiger partial charge in [0.25, 0.3) is 0 Å². The zero-order valence-corrected chi connectivity index (χ0v) is 45.1. The molecule has 6 aromatic carbocycles. The largest absolute Gasteiger partial charge is 0 e. The van der Waals surface area contributed by atoms with E-state index < -0.39 is 20.1 Å². The number of benzene rings is 6. The summed E-state index contributed by atoms with van der Waals surface area (Å²) < 4.78 is 32.9. The monoisotopic (exact) mass is 1130 g/mol. The van der Waals surface area contributed by atoms with Crippen LogP contribution >= 0.6 is 0 Å². The van der Waals surface area contributed by atoms with Crippen LogP contribution in [-0.2, 0) is 25.5 Å². The van der Waals surface area contributed by atoms with Crippen molar-refractivity contribution in [1.29, 1.82) is 0 Å². The summed E-state index contributed by atoms with van der Waals surface area (Å²) in [5, 5.41) is 2.16. The second-order valence-corrected chi connectivity index (χ2v) is 30.3. The minimum absolute atomic E-state index is 0. The maximum absolute atomic E-state index is 7.56. The van der Waals surface area contributed by atoms with Crippen LogP contribution < -0.4 is 4.40 Å². The van der Waals surface area contributed by atoms with Crippen molar-refractivity contribution in [3.63, 3.8) is 0 Å². The van der Waals surface area contributed by atoms with Gasteiger partial charge in [-0.1, -0.05) is 87.2 Å². The van der Waals surface area contributed by atoms with Gasteiger partial charge in [0.05, 0.1) is 28.1 Å². The summed E-state index contributed by atoms with van der Waals surface area (Å²) in [7, 11) is 0. The molecule has 0 amide bonds. The smallest absolute Gasteiger partial charge is 0 e.